The van der Waals surface area contributed by atoms with Crippen LogP contribution < -0.4 is 5.32 Å². The Morgan fingerprint density at radius 2 is 2.05 bits per heavy atom. The summed E-state index contributed by atoms with van der Waals surface area (Å²) in [5, 5.41) is 6.37. The van der Waals surface area contributed by atoms with Crippen molar-refractivity contribution in [3.8, 4) is 0 Å². The molecule has 0 unspecified atom stereocenters. The zero-order valence-electron chi connectivity index (χ0n) is 9.95. The minimum atomic E-state index is -0.907. The molecule has 0 saturated heterocycles. The number of carbonyl (C=O) groups is 1. The summed E-state index contributed by atoms with van der Waals surface area (Å²) in [7, 11) is 1.74. The maximum Gasteiger partial charge on any atom is 0.257 e. The van der Waals surface area contributed by atoms with Gasteiger partial charge in [0.1, 0.15) is 17.2 Å². The first-order valence-corrected chi connectivity index (χ1v) is 6.17. The molecule has 7 heteroatoms. The van der Waals surface area contributed by atoms with E-state index in [0.29, 0.717) is 0 Å². The average molecular weight is 330 g/mol. The van der Waals surface area contributed by atoms with Gasteiger partial charge < -0.3 is 5.32 Å². The second-order valence-corrected chi connectivity index (χ2v) is 4.87. The molecule has 0 saturated carbocycles. The Hall–Kier alpha value is -1.76. The van der Waals surface area contributed by atoms with E-state index in [0.717, 1.165) is 17.7 Å². The predicted octanol–water partition coefficient (Wildman–Crippen LogP) is 2.39. The summed E-state index contributed by atoms with van der Waals surface area (Å²) in [6.45, 7) is 0.154. The summed E-state index contributed by atoms with van der Waals surface area (Å²) in [4.78, 5) is 11.7. The highest BCUT2D eigenvalue weighted by Gasteiger charge is 2.18. The number of aryl methyl sites for hydroxylation is 1. The molecule has 0 aliphatic carbocycles. The quantitative estimate of drug-likeness (QED) is 0.939. The van der Waals surface area contributed by atoms with Crippen LogP contribution in [0.15, 0.2) is 29.0 Å². The van der Waals surface area contributed by atoms with Gasteiger partial charge in [-0.3, -0.25) is 9.48 Å². The van der Waals surface area contributed by atoms with Gasteiger partial charge in [-0.25, -0.2) is 8.78 Å². The molecule has 0 bridgehead atoms. The molecular weight excluding hydrogens is 320 g/mol. The minimum absolute atomic E-state index is 0.154. The molecule has 0 spiro atoms. The Morgan fingerprint density at radius 1 is 1.42 bits per heavy atom. The van der Waals surface area contributed by atoms with Crippen molar-refractivity contribution in [1.82, 2.24) is 15.1 Å². The highest BCUT2D eigenvalue weighted by Crippen LogP contribution is 2.19. The monoisotopic (exact) mass is 329 g/mol. The van der Waals surface area contributed by atoms with Crippen LogP contribution in [0.2, 0.25) is 0 Å². The van der Waals surface area contributed by atoms with Gasteiger partial charge in [0.05, 0.1) is 6.20 Å². The molecule has 1 N–H and O–H groups in total. The zero-order valence-corrected chi connectivity index (χ0v) is 11.5. The smallest absolute Gasteiger partial charge is 0.257 e. The van der Waals surface area contributed by atoms with Gasteiger partial charge in [-0.05, 0) is 12.1 Å². The highest BCUT2D eigenvalue weighted by molar-refractivity contribution is 9.10. The van der Waals surface area contributed by atoms with Crippen LogP contribution in [-0.2, 0) is 13.6 Å². The number of rotatable bonds is 3. The first-order chi connectivity index (χ1) is 8.97. The summed E-state index contributed by atoms with van der Waals surface area (Å²) in [6, 6.07) is 2.09. The van der Waals surface area contributed by atoms with Crippen molar-refractivity contribution >= 4 is 21.8 Å². The summed E-state index contributed by atoms with van der Waals surface area (Å²) in [6.07, 6.45) is 3.27. The molecule has 2 aromatic rings. The number of nitrogens with zero attached hydrogens (tertiary/aromatic N) is 2. The van der Waals surface area contributed by atoms with Gasteiger partial charge >= 0.3 is 0 Å². The van der Waals surface area contributed by atoms with Crippen molar-refractivity contribution in [2.75, 3.05) is 0 Å². The van der Waals surface area contributed by atoms with Gasteiger partial charge in [0, 0.05) is 29.8 Å². The zero-order chi connectivity index (χ0) is 14.0. The second kappa shape index (κ2) is 5.48. The van der Waals surface area contributed by atoms with Crippen LogP contribution in [0.4, 0.5) is 8.78 Å². The van der Waals surface area contributed by atoms with Crippen LogP contribution >= 0.6 is 15.9 Å². The fraction of sp³-hybridized carbons (Fsp3) is 0.167. The van der Waals surface area contributed by atoms with Crippen LogP contribution in [0.5, 0.6) is 0 Å². The molecule has 1 heterocycles. The van der Waals surface area contributed by atoms with Crippen LogP contribution in [0.1, 0.15) is 15.9 Å². The van der Waals surface area contributed by atoms with E-state index in [1.165, 1.54) is 0 Å². The third-order valence-corrected chi connectivity index (χ3v) is 2.90. The Labute approximate surface area is 116 Å². The van der Waals surface area contributed by atoms with Crippen molar-refractivity contribution < 1.29 is 13.6 Å². The van der Waals surface area contributed by atoms with E-state index in [-0.39, 0.29) is 11.0 Å². The number of aromatic nitrogens is 2. The van der Waals surface area contributed by atoms with Gasteiger partial charge in [-0.2, -0.15) is 5.10 Å². The fourth-order valence-corrected chi connectivity index (χ4v) is 1.99. The molecule has 19 heavy (non-hydrogen) atoms. The van der Waals surface area contributed by atoms with Gasteiger partial charge in [-0.15, -0.1) is 0 Å². The fourth-order valence-electron chi connectivity index (χ4n) is 1.59. The van der Waals surface area contributed by atoms with Crippen LogP contribution in [-0.4, -0.2) is 15.7 Å². The van der Waals surface area contributed by atoms with Crippen molar-refractivity contribution in [2.24, 2.45) is 7.05 Å². The molecule has 0 atom stereocenters. The van der Waals surface area contributed by atoms with Crippen molar-refractivity contribution in [3.63, 3.8) is 0 Å². The Morgan fingerprint density at radius 3 is 2.58 bits per heavy atom. The number of halogens is 3. The Balaban J connectivity index is 2.12. The van der Waals surface area contributed by atoms with Gasteiger partial charge in [-0.1, -0.05) is 15.9 Å². The van der Waals surface area contributed by atoms with E-state index in [1.54, 1.807) is 24.1 Å². The number of hydrogen-bond donors (Lipinski definition) is 1. The van der Waals surface area contributed by atoms with Gasteiger partial charge in [0.25, 0.3) is 5.91 Å². The van der Waals surface area contributed by atoms with Crippen LogP contribution in [0, 0.1) is 11.6 Å². The molecule has 4 nitrogen and oxygen atoms in total. The summed E-state index contributed by atoms with van der Waals surface area (Å²) < 4.78 is 28.9. The summed E-state index contributed by atoms with van der Waals surface area (Å²) in [5.41, 5.74) is 0.154. The summed E-state index contributed by atoms with van der Waals surface area (Å²) >= 11 is 2.95. The van der Waals surface area contributed by atoms with E-state index < -0.39 is 23.1 Å². The lowest BCUT2D eigenvalue weighted by molar-refractivity contribution is 0.0942. The molecule has 2 rings (SSSR count). The van der Waals surface area contributed by atoms with Gasteiger partial charge in [0.2, 0.25) is 0 Å². The molecule has 0 aliphatic rings. The predicted molar refractivity (Wildman–Crippen MR) is 68.4 cm³/mol. The number of benzene rings is 1. The molecule has 0 aliphatic heterocycles. The number of amides is 1. The van der Waals surface area contributed by atoms with E-state index in [9.17, 15) is 13.6 Å². The standard InChI is InChI=1S/C12H10BrF2N3O/c1-18-6-7(5-17-18)4-16-12(19)11-9(14)2-8(13)3-10(11)15/h2-3,5-6H,4H2,1H3,(H,16,19). The molecule has 100 valence electrons. The second-order valence-electron chi connectivity index (χ2n) is 3.95. The van der Waals surface area contributed by atoms with Gasteiger partial charge in [0.15, 0.2) is 0 Å². The molecular formula is C12H10BrF2N3O. The number of carbonyl (C=O) groups excluding carboxylic acids is 1. The lowest BCUT2D eigenvalue weighted by atomic mass is 10.2. The van der Waals surface area contributed by atoms with Crippen molar-refractivity contribution in [3.05, 3.63) is 51.8 Å². The Bertz CT molecular complexity index is 604. The molecule has 1 aromatic heterocycles. The lowest BCUT2D eigenvalue weighted by Crippen LogP contribution is -2.25. The SMILES string of the molecule is Cn1cc(CNC(=O)c2c(F)cc(Br)cc2F)cn1. The third-order valence-electron chi connectivity index (χ3n) is 2.45. The molecule has 0 fully saturated rings. The van der Waals surface area contributed by atoms with Crippen molar-refractivity contribution in [1.29, 1.82) is 0 Å². The van der Waals surface area contributed by atoms with Crippen molar-refractivity contribution in [2.45, 2.75) is 6.54 Å². The summed E-state index contributed by atoms with van der Waals surface area (Å²) in [5.74, 6) is -2.61. The number of hydrogen-bond acceptors (Lipinski definition) is 2. The maximum atomic E-state index is 13.5. The van der Waals surface area contributed by atoms with Crippen LogP contribution in [0.3, 0.4) is 0 Å². The van der Waals surface area contributed by atoms with Crippen LogP contribution in [0.25, 0.3) is 0 Å². The van der Waals surface area contributed by atoms with E-state index in [2.05, 4.69) is 26.3 Å². The van der Waals surface area contributed by atoms with E-state index in [4.69, 9.17) is 0 Å². The lowest BCUT2D eigenvalue weighted by Gasteiger charge is -2.06. The topological polar surface area (TPSA) is 46.9 Å². The maximum absolute atomic E-state index is 13.5. The first kappa shape index (κ1) is 13.7. The first-order valence-electron chi connectivity index (χ1n) is 5.37. The molecule has 1 amide bonds. The van der Waals surface area contributed by atoms with E-state index >= 15 is 0 Å². The normalized spacial score (nSPS) is 10.5. The largest absolute Gasteiger partial charge is 0.348 e. The molecule has 1 aromatic carbocycles. The molecule has 0 radical (unpaired) electrons. The minimum Gasteiger partial charge on any atom is -0.348 e. The Kier molecular flexibility index (Phi) is 3.94. The highest BCUT2D eigenvalue weighted by atomic mass is 79.9. The number of nitrogens with one attached hydrogen (secondary N) is 1. The third kappa shape index (κ3) is 3.17. The van der Waals surface area contributed by atoms with E-state index in [1.807, 2.05) is 0 Å². The average Bonchev–Trinajstić information content (AvgIpc) is 2.71.